The Labute approximate surface area is 191 Å². The third-order valence-electron chi connectivity index (χ3n) is 6.00. The summed E-state index contributed by atoms with van der Waals surface area (Å²) in [5.41, 5.74) is 5.88. The molecular weight excluding hydrogens is 418 g/mol. The molecule has 3 heterocycles. The van der Waals surface area contributed by atoms with Gasteiger partial charge < -0.3 is 14.2 Å². The van der Waals surface area contributed by atoms with Gasteiger partial charge in [-0.1, -0.05) is 12.1 Å². The Kier molecular flexibility index (Phi) is 5.12. The topological polar surface area (TPSA) is 75.7 Å². The van der Waals surface area contributed by atoms with E-state index in [2.05, 4.69) is 23.5 Å². The number of nitrogens with zero attached hydrogens (tertiary/aromatic N) is 5. The molecule has 0 fully saturated rings. The first-order valence-electron chi connectivity index (χ1n) is 10.6. The van der Waals surface area contributed by atoms with Crippen molar-refractivity contribution in [2.45, 2.75) is 20.3 Å². The molecule has 0 radical (unpaired) electrons. The Balaban J connectivity index is 1.61. The maximum Gasteiger partial charge on any atom is 0.168 e. The Morgan fingerprint density at radius 2 is 1.70 bits per heavy atom. The average molecular weight is 444 g/mol. The summed E-state index contributed by atoms with van der Waals surface area (Å²) >= 11 is 0. The Hall–Kier alpha value is -4.07. The molecule has 0 aliphatic carbocycles. The summed E-state index contributed by atoms with van der Waals surface area (Å²) in [4.78, 5) is 9.62. The number of benzene rings is 2. The molecule has 0 saturated heterocycles. The lowest BCUT2D eigenvalue weighted by Crippen LogP contribution is -1.99. The van der Waals surface area contributed by atoms with E-state index >= 15 is 0 Å². The van der Waals surface area contributed by atoms with Crippen LogP contribution in [0.5, 0.6) is 17.2 Å². The van der Waals surface area contributed by atoms with Crippen LogP contribution in [0.25, 0.3) is 22.4 Å². The lowest BCUT2D eigenvalue weighted by Gasteiger charge is -2.09. The number of fused-ring (bicyclic) bond motifs is 3. The van der Waals surface area contributed by atoms with E-state index in [0.717, 1.165) is 44.9 Å². The first-order chi connectivity index (χ1) is 16.0. The van der Waals surface area contributed by atoms with Gasteiger partial charge in [-0.25, -0.2) is 14.5 Å². The van der Waals surface area contributed by atoms with E-state index < -0.39 is 0 Å². The van der Waals surface area contributed by atoms with Crippen LogP contribution in [0.3, 0.4) is 0 Å². The Morgan fingerprint density at radius 3 is 2.45 bits per heavy atom. The van der Waals surface area contributed by atoms with Crippen LogP contribution >= 0.6 is 0 Å². The van der Waals surface area contributed by atoms with Crippen LogP contribution in [0.1, 0.15) is 22.6 Å². The van der Waals surface area contributed by atoms with Gasteiger partial charge in [-0.3, -0.25) is 4.57 Å². The van der Waals surface area contributed by atoms with Gasteiger partial charge in [0.25, 0.3) is 0 Å². The normalized spacial score (nSPS) is 11.3. The van der Waals surface area contributed by atoms with E-state index in [0.29, 0.717) is 23.7 Å². The smallest absolute Gasteiger partial charge is 0.168 e. The van der Waals surface area contributed by atoms with Gasteiger partial charge in [0.2, 0.25) is 0 Å². The van der Waals surface area contributed by atoms with Crippen LogP contribution in [0, 0.1) is 13.8 Å². The van der Waals surface area contributed by atoms with Crippen molar-refractivity contribution in [3.05, 3.63) is 71.4 Å². The van der Waals surface area contributed by atoms with E-state index in [1.54, 1.807) is 32.2 Å². The fourth-order valence-electron chi connectivity index (χ4n) is 4.22. The molecule has 0 N–H and O–H groups in total. The molecule has 8 heteroatoms. The van der Waals surface area contributed by atoms with Gasteiger partial charge >= 0.3 is 0 Å². The summed E-state index contributed by atoms with van der Waals surface area (Å²) in [5.74, 6) is 2.89. The first-order valence-corrected chi connectivity index (χ1v) is 10.6. The summed E-state index contributed by atoms with van der Waals surface area (Å²) in [6.07, 6.45) is 2.29. The number of aromatic nitrogens is 5. The number of rotatable bonds is 6. The third-order valence-corrected chi connectivity index (χ3v) is 6.00. The minimum absolute atomic E-state index is 0.568. The van der Waals surface area contributed by atoms with Gasteiger partial charge in [0, 0.05) is 18.2 Å². The zero-order chi connectivity index (χ0) is 23.1. The summed E-state index contributed by atoms with van der Waals surface area (Å²) < 4.78 is 20.1. The highest BCUT2D eigenvalue weighted by atomic mass is 16.5. The lowest BCUT2D eigenvalue weighted by molar-refractivity contribution is 0.354. The molecule has 0 bridgehead atoms. The molecule has 0 unspecified atom stereocenters. The molecule has 33 heavy (non-hydrogen) atoms. The monoisotopic (exact) mass is 443 g/mol. The van der Waals surface area contributed by atoms with Crippen LogP contribution in [0.2, 0.25) is 0 Å². The Morgan fingerprint density at radius 1 is 0.879 bits per heavy atom. The molecule has 2 aromatic carbocycles. The molecule has 5 aromatic rings. The molecule has 0 aliphatic heterocycles. The highest BCUT2D eigenvalue weighted by Gasteiger charge is 2.19. The van der Waals surface area contributed by atoms with E-state index in [1.807, 2.05) is 42.5 Å². The van der Waals surface area contributed by atoms with Crippen molar-refractivity contribution >= 4 is 16.7 Å². The van der Waals surface area contributed by atoms with Crippen molar-refractivity contribution in [2.75, 3.05) is 21.3 Å². The van der Waals surface area contributed by atoms with Gasteiger partial charge in [0.05, 0.1) is 32.4 Å². The maximum atomic E-state index is 5.43. The fourth-order valence-corrected chi connectivity index (χ4v) is 4.22. The highest BCUT2D eigenvalue weighted by Crippen LogP contribution is 2.31. The molecule has 0 aliphatic rings. The van der Waals surface area contributed by atoms with Crippen LogP contribution in [0.15, 0.2) is 48.8 Å². The second-order valence-electron chi connectivity index (χ2n) is 7.85. The largest absolute Gasteiger partial charge is 0.497 e. The number of aryl methyl sites for hydroxylation is 1. The zero-order valence-corrected chi connectivity index (χ0v) is 19.3. The number of methoxy groups -OCH3 is 3. The van der Waals surface area contributed by atoms with E-state index in [-0.39, 0.29) is 0 Å². The first kappa shape index (κ1) is 20.8. The van der Waals surface area contributed by atoms with Crippen molar-refractivity contribution in [2.24, 2.45) is 0 Å². The minimum atomic E-state index is 0.568. The second kappa shape index (κ2) is 8.12. The van der Waals surface area contributed by atoms with Gasteiger partial charge in [0.15, 0.2) is 28.6 Å². The predicted molar refractivity (Wildman–Crippen MR) is 126 cm³/mol. The lowest BCUT2D eigenvalue weighted by atomic mass is 10.1. The molecular formula is C25H25N5O3. The summed E-state index contributed by atoms with van der Waals surface area (Å²) in [7, 11) is 4.93. The summed E-state index contributed by atoms with van der Waals surface area (Å²) in [6, 6.07) is 13.8. The van der Waals surface area contributed by atoms with Crippen LogP contribution in [0.4, 0.5) is 0 Å². The van der Waals surface area contributed by atoms with Gasteiger partial charge in [-0.05, 0) is 49.2 Å². The summed E-state index contributed by atoms with van der Waals surface area (Å²) in [5, 5.41) is 5.67. The number of hydrogen-bond donors (Lipinski definition) is 0. The van der Waals surface area contributed by atoms with Crippen molar-refractivity contribution in [3.63, 3.8) is 0 Å². The standard InChI is InChI=1S/C25H25N5O3/c1-15-16(2)30(18-7-6-8-19(13-18)31-3)24-23(15)25-27-22(28-29(25)14-26-24)12-17-9-10-20(32-4)21(11-17)33-5/h6-11,13-14H,12H2,1-5H3. The van der Waals surface area contributed by atoms with Gasteiger partial charge in [-0.15, -0.1) is 5.10 Å². The molecule has 0 atom stereocenters. The van der Waals surface area contributed by atoms with Crippen molar-refractivity contribution in [1.29, 1.82) is 0 Å². The van der Waals surface area contributed by atoms with Gasteiger partial charge in [0.1, 0.15) is 12.1 Å². The predicted octanol–water partition coefficient (Wildman–Crippen LogP) is 4.30. The maximum absolute atomic E-state index is 5.43. The SMILES string of the molecule is COc1cccc(-n2c(C)c(C)c3c2ncn2nc(Cc4ccc(OC)c(OC)c4)nc32)c1. The third kappa shape index (κ3) is 3.44. The van der Waals surface area contributed by atoms with Crippen LogP contribution in [-0.2, 0) is 6.42 Å². The zero-order valence-electron chi connectivity index (χ0n) is 19.3. The number of ether oxygens (including phenoxy) is 3. The van der Waals surface area contributed by atoms with Crippen LogP contribution in [-0.4, -0.2) is 45.5 Å². The molecule has 0 amide bonds. The van der Waals surface area contributed by atoms with Gasteiger partial charge in [-0.2, -0.15) is 0 Å². The van der Waals surface area contributed by atoms with Crippen LogP contribution < -0.4 is 14.2 Å². The van der Waals surface area contributed by atoms with E-state index in [1.165, 1.54) is 0 Å². The van der Waals surface area contributed by atoms with Crippen molar-refractivity contribution < 1.29 is 14.2 Å². The molecule has 3 aromatic heterocycles. The van der Waals surface area contributed by atoms with E-state index in [9.17, 15) is 0 Å². The molecule has 168 valence electrons. The molecule has 5 rings (SSSR count). The average Bonchev–Trinajstić information content (AvgIpc) is 3.36. The Bertz CT molecular complexity index is 1490. The number of hydrogen-bond acceptors (Lipinski definition) is 6. The highest BCUT2D eigenvalue weighted by molar-refractivity contribution is 5.95. The van der Waals surface area contributed by atoms with Crippen molar-refractivity contribution in [1.82, 2.24) is 24.1 Å². The second-order valence-corrected chi connectivity index (χ2v) is 7.85. The molecule has 0 spiro atoms. The fraction of sp³-hybridized carbons (Fsp3) is 0.240. The molecule has 8 nitrogen and oxygen atoms in total. The quantitative estimate of drug-likeness (QED) is 0.389. The molecule has 0 saturated carbocycles. The van der Waals surface area contributed by atoms with E-state index in [4.69, 9.17) is 24.2 Å². The minimum Gasteiger partial charge on any atom is -0.497 e. The summed E-state index contributed by atoms with van der Waals surface area (Å²) in [6.45, 7) is 4.19. The van der Waals surface area contributed by atoms with Crippen molar-refractivity contribution in [3.8, 4) is 22.9 Å².